The normalized spacial score (nSPS) is 18.6. The number of benzene rings is 2. The third-order valence-electron chi connectivity index (χ3n) is 6.82. The summed E-state index contributed by atoms with van der Waals surface area (Å²) >= 11 is 0. The summed E-state index contributed by atoms with van der Waals surface area (Å²) < 4.78 is 19.5. The molecule has 7 nitrogen and oxygen atoms in total. The van der Waals surface area contributed by atoms with Crippen molar-refractivity contribution in [2.24, 2.45) is 0 Å². The molecule has 1 fully saturated rings. The van der Waals surface area contributed by atoms with E-state index in [2.05, 4.69) is 35.1 Å². The summed E-state index contributed by atoms with van der Waals surface area (Å²) in [5.74, 6) is 2.36. The standard InChI is InChI=1S/C29H39N3O4/c1-23-7-9-26(24(2)19-23)36-22-29(33)11-4-14-31(17-12-29)21-25-8-10-27(34-3)28(20-25)35-18-6-16-32-15-5-13-30-32/h5,7-10,13,15,19-20,33H,4,6,11-12,14,16-18,21-22H2,1-3H3/t29-/m1/s1. The quantitative estimate of drug-likeness (QED) is 0.388. The Hall–Kier alpha value is -3.03. The first-order valence-electron chi connectivity index (χ1n) is 12.9. The molecule has 7 heteroatoms. The van der Waals surface area contributed by atoms with E-state index in [1.165, 1.54) is 11.1 Å². The average molecular weight is 494 g/mol. The first-order chi connectivity index (χ1) is 17.4. The fourth-order valence-electron chi connectivity index (χ4n) is 4.74. The molecule has 36 heavy (non-hydrogen) atoms. The molecule has 4 rings (SSSR count). The maximum Gasteiger partial charge on any atom is 0.161 e. The van der Waals surface area contributed by atoms with Crippen LogP contribution >= 0.6 is 0 Å². The maximum atomic E-state index is 11.2. The average Bonchev–Trinajstić information content (AvgIpc) is 3.31. The van der Waals surface area contributed by atoms with Crippen LogP contribution in [0.5, 0.6) is 17.2 Å². The van der Waals surface area contributed by atoms with Gasteiger partial charge < -0.3 is 19.3 Å². The molecule has 1 aliphatic heterocycles. The van der Waals surface area contributed by atoms with Gasteiger partial charge in [-0.25, -0.2) is 0 Å². The highest BCUT2D eigenvalue weighted by molar-refractivity contribution is 5.43. The zero-order chi connectivity index (χ0) is 25.4. The lowest BCUT2D eigenvalue weighted by molar-refractivity contribution is -0.0170. The van der Waals surface area contributed by atoms with Gasteiger partial charge in [0.25, 0.3) is 0 Å². The first-order valence-corrected chi connectivity index (χ1v) is 12.9. The summed E-state index contributed by atoms with van der Waals surface area (Å²) in [5.41, 5.74) is 2.68. The van der Waals surface area contributed by atoms with Gasteiger partial charge in [-0.2, -0.15) is 5.10 Å². The smallest absolute Gasteiger partial charge is 0.161 e. The summed E-state index contributed by atoms with van der Waals surface area (Å²) in [6.07, 6.45) is 6.96. The highest BCUT2D eigenvalue weighted by atomic mass is 16.5. The van der Waals surface area contributed by atoms with Crippen LogP contribution in [0.25, 0.3) is 0 Å². The van der Waals surface area contributed by atoms with E-state index in [0.29, 0.717) is 19.6 Å². The Morgan fingerprint density at radius 1 is 1.00 bits per heavy atom. The summed E-state index contributed by atoms with van der Waals surface area (Å²) in [6.45, 7) is 8.43. The monoisotopic (exact) mass is 493 g/mol. The van der Waals surface area contributed by atoms with Crippen molar-refractivity contribution in [1.29, 1.82) is 0 Å². The second-order valence-corrected chi connectivity index (χ2v) is 9.87. The number of aromatic nitrogens is 2. The zero-order valence-corrected chi connectivity index (χ0v) is 21.8. The lowest BCUT2D eigenvalue weighted by Crippen LogP contribution is -2.37. The van der Waals surface area contributed by atoms with Crippen LogP contribution in [0.2, 0.25) is 0 Å². The van der Waals surface area contributed by atoms with Gasteiger partial charge in [-0.1, -0.05) is 23.8 Å². The fraction of sp³-hybridized carbons (Fsp3) is 0.483. The molecule has 1 aliphatic rings. The van der Waals surface area contributed by atoms with Crippen LogP contribution in [0.3, 0.4) is 0 Å². The second kappa shape index (κ2) is 12.3. The number of rotatable bonds is 11. The molecule has 194 valence electrons. The van der Waals surface area contributed by atoms with Crippen LogP contribution in [0, 0.1) is 13.8 Å². The van der Waals surface area contributed by atoms with E-state index in [1.807, 2.05) is 42.1 Å². The van der Waals surface area contributed by atoms with Crippen LogP contribution in [0.15, 0.2) is 54.9 Å². The van der Waals surface area contributed by atoms with Crippen molar-refractivity contribution in [1.82, 2.24) is 14.7 Å². The van der Waals surface area contributed by atoms with Gasteiger partial charge in [0.1, 0.15) is 12.4 Å². The fourth-order valence-corrected chi connectivity index (χ4v) is 4.74. The van der Waals surface area contributed by atoms with Gasteiger partial charge in [0, 0.05) is 38.4 Å². The Morgan fingerprint density at radius 3 is 2.64 bits per heavy atom. The molecule has 1 saturated heterocycles. The van der Waals surface area contributed by atoms with Crippen LogP contribution in [0.4, 0.5) is 0 Å². The largest absolute Gasteiger partial charge is 0.493 e. The Kier molecular flexibility index (Phi) is 8.88. The molecule has 0 aliphatic carbocycles. The molecule has 0 bridgehead atoms. The van der Waals surface area contributed by atoms with Gasteiger partial charge in [-0.15, -0.1) is 0 Å². The van der Waals surface area contributed by atoms with Crippen molar-refractivity contribution >= 4 is 0 Å². The Labute approximate surface area is 214 Å². The number of aliphatic hydroxyl groups is 1. The van der Waals surface area contributed by atoms with E-state index in [1.54, 1.807) is 13.3 Å². The van der Waals surface area contributed by atoms with Gasteiger partial charge >= 0.3 is 0 Å². The van der Waals surface area contributed by atoms with Crippen molar-refractivity contribution in [3.05, 3.63) is 71.5 Å². The van der Waals surface area contributed by atoms with E-state index in [0.717, 1.165) is 68.3 Å². The molecule has 1 N–H and O–H groups in total. The summed E-state index contributed by atoms with van der Waals surface area (Å²) in [7, 11) is 1.67. The van der Waals surface area contributed by atoms with Crippen molar-refractivity contribution in [2.45, 2.75) is 58.2 Å². The van der Waals surface area contributed by atoms with Crippen LogP contribution in [-0.2, 0) is 13.1 Å². The van der Waals surface area contributed by atoms with Crippen molar-refractivity contribution in [3.63, 3.8) is 0 Å². The van der Waals surface area contributed by atoms with Gasteiger partial charge in [-0.3, -0.25) is 9.58 Å². The van der Waals surface area contributed by atoms with Gasteiger partial charge in [0.15, 0.2) is 11.5 Å². The lowest BCUT2D eigenvalue weighted by atomic mass is 9.96. The molecule has 1 aromatic heterocycles. The molecular formula is C29H39N3O4. The molecule has 3 aromatic rings. The molecule has 0 saturated carbocycles. The molecular weight excluding hydrogens is 454 g/mol. The number of likely N-dealkylation sites (tertiary alicyclic amines) is 1. The second-order valence-electron chi connectivity index (χ2n) is 9.87. The summed E-state index contributed by atoms with van der Waals surface area (Å²) in [6, 6.07) is 14.2. The minimum absolute atomic E-state index is 0.323. The van der Waals surface area contributed by atoms with Gasteiger partial charge in [0.2, 0.25) is 0 Å². The van der Waals surface area contributed by atoms with Gasteiger partial charge in [0.05, 0.1) is 19.3 Å². The maximum absolute atomic E-state index is 11.2. The topological polar surface area (TPSA) is 69.0 Å². The molecule has 2 aromatic carbocycles. The lowest BCUT2D eigenvalue weighted by Gasteiger charge is -2.27. The molecule has 0 amide bonds. The predicted octanol–water partition coefficient (Wildman–Crippen LogP) is 4.77. The summed E-state index contributed by atoms with van der Waals surface area (Å²) in [4.78, 5) is 2.40. The van der Waals surface area contributed by atoms with E-state index in [-0.39, 0.29) is 0 Å². The summed E-state index contributed by atoms with van der Waals surface area (Å²) in [5, 5.41) is 15.5. The molecule has 2 heterocycles. The third kappa shape index (κ3) is 7.24. The number of hydrogen-bond donors (Lipinski definition) is 1. The van der Waals surface area contributed by atoms with E-state index < -0.39 is 5.60 Å². The van der Waals surface area contributed by atoms with E-state index in [4.69, 9.17) is 14.2 Å². The van der Waals surface area contributed by atoms with Crippen molar-refractivity contribution < 1.29 is 19.3 Å². The Morgan fingerprint density at radius 2 is 1.86 bits per heavy atom. The first kappa shape index (κ1) is 26.0. The zero-order valence-electron chi connectivity index (χ0n) is 21.8. The highest BCUT2D eigenvalue weighted by Gasteiger charge is 2.31. The van der Waals surface area contributed by atoms with E-state index >= 15 is 0 Å². The predicted molar refractivity (Wildman–Crippen MR) is 141 cm³/mol. The number of nitrogens with zero attached hydrogens (tertiary/aromatic N) is 3. The van der Waals surface area contributed by atoms with Crippen LogP contribution in [0.1, 0.15) is 42.4 Å². The highest BCUT2D eigenvalue weighted by Crippen LogP contribution is 2.30. The molecule has 0 radical (unpaired) electrons. The number of ether oxygens (including phenoxy) is 3. The van der Waals surface area contributed by atoms with Gasteiger partial charge in [-0.05, 0) is 75.0 Å². The SMILES string of the molecule is COc1ccc(CN2CCC[C@](O)(COc3ccc(C)cc3C)CC2)cc1OCCCn1cccn1. The number of hydrogen-bond acceptors (Lipinski definition) is 6. The minimum atomic E-state index is -0.811. The molecule has 0 spiro atoms. The van der Waals surface area contributed by atoms with E-state index in [9.17, 15) is 5.11 Å². The minimum Gasteiger partial charge on any atom is -0.493 e. The van der Waals surface area contributed by atoms with Crippen molar-refractivity contribution in [2.75, 3.05) is 33.4 Å². The van der Waals surface area contributed by atoms with Crippen LogP contribution < -0.4 is 14.2 Å². The molecule has 0 unspecified atom stereocenters. The molecule has 1 atom stereocenters. The third-order valence-corrected chi connectivity index (χ3v) is 6.82. The Balaban J connectivity index is 1.29. The number of aryl methyl sites for hydroxylation is 3. The van der Waals surface area contributed by atoms with Crippen molar-refractivity contribution in [3.8, 4) is 17.2 Å². The Bertz CT molecular complexity index is 1100. The number of methoxy groups -OCH3 is 1. The van der Waals surface area contributed by atoms with Crippen LogP contribution in [-0.4, -0.2) is 58.8 Å².